The second kappa shape index (κ2) is 9.40. The van der Waals surface area contributed by atoms with Crippen LogP contribution in [0.15, 0.2) is 29.3 Å². The molecule has 0 radical (unpaired) electrons. The molecule has 0 aliphatic carbocycles. The number of benzene rings is 1. The molecule has 1 atom stereocenters. The Morgan fingerprint density at radius 3 is 2.70 bits per heavy atom. The second-order valence-corrected chi connectivity index (χ2v) is 6.08. The van der Waals surface area contributed by atoms with Crippen molar-refractivity contribution in [1.29, 1.82) is 0 Å². The van der Waals surface area contributed by atoms with E-state index in [2.05, 4.69) is 27.8 Å². The van der Waals surface area contributed by atoms with Gasteiger partial charge in [0, 0.05) is 26.7 Å². The lowest BCUT2D eigenvalue weighted by atomic mass is 10.1. The predicted molar refractivity (Wildman–Crippen MR) is 94.2 cm³/mol. The van der Waals surface area contributed by atoms with Crippen molar-refractivity contribution in [1.82, 2.24) is 10.6 Å². The minimum absolute atomic E-state index is 0.209. The van der Waals surface area contributed by atoms with Crippen LogP contribution in [0.3, 0.4) is 0 Å². The number of hydrogen-bond acceptors (Lipinski definition) is 3. The van der Waals surface area contributed by atoms with Crippen LogP contribution in [0.25, 0.3) is 0 Å². The summed E-state index contributed by atoms with van der Waals surface area (Å²) in [4.78, 5) is 4.25. The van der Waals surface area contributed by atoms with Gasteiger partial charge in [0.2, 0.25) is 0 Å². The van der Waals surface area contributed by atoms with E-state index in [0.29, 0.717) is 6.10 Å². The quantitative estimate of drug-likeness (QED) is 0.598. The van der Waals surface area contributed by atoms with Crippen molar-refractivity contribution >= 4 is 5.96 Å². The van der Waals surface area contributed by atoms with E-state index in [-0.39, 0.29) is 6.10 Å². The zero-order chi connectivity index (χ0) is 16.5. The van der Waals surface area contributed by atoms with Gasteiger partial charge in [-0.05, 0) is 50.8 Å². The Balaban J connectivity index is 1.68. The van der Waals surface area contributed by atoms with Gasteiger partial charge in [-0.15, -0.1) is 0 Å². The number of hydrogen-bond donors (Lipinski definition) is 2. The smallest absolute Gasteiger partial charge is 0.191 e. The highest BCUT2D eigenvalue weighted by molar-refractivity contribution is 5.79. The molecule has 0 saturated carbocycles. The highest BCUT2D eigenvalue weighted by Gasteiger charge is 2.15. The largest absolute Gasteiger partial charge is 0.491 e. The Hall–Kier alpha value is -1.75. The second-order valence-electron chi connectivity index (χ2n) is 6.08. The van der Waals surface area contributed by atoms with Crippen LogP contribution in [-0.4, -0.2) is 44.9 Å². The Morgan fingerprint density at radius 2 is 2.09 bits per heavy atom. The van der Waals surface area contributed by atoms with E-state index in [0.717, 1.165) is 50.7 Å². The number of nitrogens with zero attached hydrogens (tertiary/aromatic N) is 1. The highest BCUT2D eigenvalue weighted by Crippen LogP contribution is 2.14. The van der Waals surface area contributed by atoms with Crippen molar-refractivity contribution in [3.8, 4) is 5.75 Å². The van der Waals surface area contributed by atoms with Crippen molar-refractivity contribution in [3.05, 3.63) is 29.8 Å². The molecule has 1 heterocycles. The fourth-order valence-corrected chi connectivity index (χ4v) is 2.57. The Bertz CT molecular complexity index is 480. The fraction of sp³-hybridized carbons (Fsp3) is 0.611. The average Bonchev–Trinajstić information content (AvgIpc) is 3.05. The van der Waals surface area contributed by atoms with Gasteiger partial charge in [0.15, 0.2) is 5.96 Å². The van der Waals surface area contributed by atoms with E-state index < -0.39 is 0 Å². The van der Waals surface area contributed by atoms with Gasteiger partial charge in [-0.25, -0.2) is 0 Å². The molecule has 0 aromatic heterocycles. The van der Waals surface area contributed by atoms with Gasteiger partial charge in [0.25, 0.3) is 0 Å². The maximum atomic E-state index is 5.65. The van der Waals surface area contributed by atoms with Crippen LogP contribution in [0.2, 0.25) is 0 Å². The standard InChI is InChI=1S/C18H29N3O2/c1-14(2)23-16-8-6-15(7-9-16)10-11-20-18(19-3)21-13-17-5-4-12-22-17/h6-9,14,17H,4-5,10-13H2,1-3H3,(H2,19,20,21). The van der Waals surface area contributed by atoms with Crippen molar-refractivity contribution in [2.24, 2.45) is 4.99 Å². The monoisotopic (exact) mass is 319 g/mol. The molecule has 2 rings (SSSR count). The van der Waals surface area contributed by atoms with Crippen LogP contribution in [0, 0.1) is 0 Å². The van der Waals surface area contributed by atoms with Crippen molar-refractivity contribution in [2.45, 2.75) is 45.3 Å². The van der Waals surface area contributed by atoms with Gasteiger partial charge < -0.3 is 20.1 Å². The van der Waals surface area contributed by atoms with E-state index in [1.165, 1.54) is 5.56 Å². The van der Waals surface area contributed by atoms with E-state index in [4.69, 9.17) is 9.47 Å². The summed E-state index contributed by atoms with van der Waals surface area (Å²) < 4.78 is 11.3. The molecular weight excluding hydrogens is 290 g/mol. The summed E-state index contributed by atoms with van der Waals surface area (Å²) in [5.41, 5.74) is 1.28. The molecule has 1 unspecified atom stereocenters. The Labute approximate surface area is 139 Å². The molecule has 5 nitrogen and oxygen atoms in total. The van der Waals surface area contributed by atoms with Crippen LogP contribution in [-0.2, 0) is 11.2 Å². The summed E-state index contributed by atoms with van der Waals surface area (Å²) in [6.07, 6.45) is 3.77. The van der Waals surface area contributed by atoms with Crippen LogP contribution in [0.4, 0.5) is 0 Å². The van der Waals surface area contributed by atoms with Gasteiger partial charge in [-0.2, -0.15) is 0 Å². The van der Waals surface area contributed by atoms with E-state index in [1.807, 2.05) is 26.0 Å². The summed E-state index contributed by atoms with van der Waals surface area (Å²) in [6, 6.07) is 8.28. The first-order chi connectivity index (χ1) is 11.2. The molecule has 2 N–H and O–H groups in total. The molecule has 5 heteroatoms. The van der Waals surface area contributed by atoms with Crippen molar-refractivity contribution in [3.63, 3.8) is 0 Å². The van der Waals surface area contributed by atoms with Crippen molar-refractivity contribution in [2.75, 3.05) is 26.7 Å². The topological polar surface area (TPSA) is 54.9 Å². The first kappa shape index (κ1) is 17.6. The van der Waals surface area contributed by atoms with Gasteiger partial charge in [-0.1, -0.05) is 12.1 Å². The molecule has 0 bridgehead atoms. The van der Waals surface area contributed by atoms with E-state index >= 15 is 0 Å². The zero-order valence-corrected chi connectivity index (χ0v) is 14.5. The normalized spacial score (nSPS) is 18.3. The molecule has 0 amide bonds. The maximum Gasteiger partial charge on any atom is 0.191 e. The summed E-state index contributed by atoms with van der Waals surface area (Å²) >= 11 is 0. The van der Waals surface area contributed by atoms with E-state index in [9.17, 15) is 0 Å². The molecule has 1 saturated heterocycles. The minimum Gasteiger partial charge on any atom is -0.491 e. The third kappa shape index (κ3) is 6.48. The first-order valence-corrected chi connectivity index (χ1v) is 8.49. The van der Waals surface area contributed by atoms with Gasteiger partial charge >= 0.3 is 0 Å². The SMILES string of the molecule is CN=C(NCCc1ccc(OC(C)C)cc1)NCC1CCCO1. The van der Waals surface area contributed by atoms with Gasteiger partial charge in [0.1, 0.15) is 5.75 Å². The molecule has 1 aliphatic heterocycles. The van der Waals surface area contributed by atoms with Crippen LogP contribution in [0.5, 0.6) is 5.75 Å². The van der Waals surface area contributed by atoms with Crippen LogP contribution in [0.1, 0.15) is 32.3 Å². The molecule has 128 valence electrons. The molecule has 1 aliphatic rings. The summed E-state index contributed by atoms with van der Waals surface area (Å²) in [5, 5.41) is 6.66. The predicted octanol–water partition coefficient (Wildman–Crippen LogP) is 2.36. The van der Waals surface area contributed by atoms with Crippen molar-refractivity contribution < 1.29 is 9.47 Å². The molecule has 23 heavy (non-hydrogen) atoms. The fourth-order valence-electron chi connectivity index (χ4n) is 2.57. The minimum atomic E-state index is 0.209. The lowest BCUT2D eigenvalue weighted by Gasteiger charge is -2.15. The highest BCUT2D eigenvalue weighted by atomic mass is 16.5. The van der Waals surface area contributed by atoms with E-state index in [1.54, 1.807) is 7.05 Å². The summed E-state index contributed by atoms with van der Waals surface area (Å²) in [6.45, 7) is 6.62. The van der Waals surface area contributed by atoms with Gasteiger partial charge in [-0.3, -0.25) is 4.99 Å². The number of aliphatic imine (C=N–C) groups is 1. The lowest BCUT2D eigenvalue weighted by Crippen LogP contribution is -2.41. The number of rotatable bonds is 7. The number of guanidine groups is 1. The lowest BCUT2D eigenvalue weighted by molar-refractivity contribution is 0.114. The molecular formula is C18H29N3O2. The number of ether oxygens (including phenoxy) is 2. The molecule has 1 aromatic rings. The Morgan fingerprint density at radius 1 is 1.30 bits per heavy atom. The van der Waals surface area contributed by atoms with Crippen LogP contribution >= 0.6 is 0 Å². The molecule has 1 aromatic carbocycles. The summed E-state index contributed by atoms with van der Waals surface area (Å²) in [7, 11) is 1.79. The summed E-state index contributed by atoms with van der Waals surface area (Å²) in [5.74, 6) is 1.76. The maximum absolute atomic E-state index is 5.65. The molecule has 1 fully saturated rings. The first-order valence-electron chi connectivity index (χ1n) is 8.49. The average molecular weight is 319 g/mol. The third-order valence-electron chi connectivity index (χ3n) is 3.75. The van der Waals surface area contributed by atoms with Gasteiger partial charge in [0.05, 0.1) is 12.2 Å². The zero-order valence-electron chi connectivity index (χ0n) is 14.5. The van der Waals surface area contributed by atoms with Crippen LogP contribution < -0.4 is 15.4 Å². The number of nitrogens with one attached hydrogen (secondary N) is 2. The third-order valence-corrected chi connectivity index (χ3v) is 3.75. The Kier molecular flexibility index (Phi) is 7.20. The molecule has 0 spiro atoms.